The monoisotopic (exact) mass is 381 g/mol. The van der Waals surface area contributed by atoms with Crippen molar-refractivity contribution in [2.75, 3.05) is 7.11 Å². The first kappa shape index (κ1) is 19.3. The van der Waals surface area contributed by atoms with Gasteiger partial charge in [-0.05, 0) is 17.7 Å². The zero-order chi connectivity index (χ0) is 20.3. The Morgan fingerprint density at radius 2 is 1.86 bits per heavy atom. The number of fused-ring (bicyclic) bond motifs is 1. The summed E-state index contributed by atoms with van der Waals surface area (Å²) in [7, 11) is 1.46. The molecule has 0 saturated heterocycles. The number of rotatable bonds is 7. The number of nitrogens with zero attached hydrogens (tertiary/aromatic N) is 1. The average molecular weight is 381 g/mol. The molecule has 0 aliphatic carbocycles. The fraction of sp³-hybridized carbons (Fsp3) is 0.238. The molecule has 0 N–H and O–H groups in total. The first-order chi connectivity index (χ1) is 13.5. The maximum Gasteiger partial charge on any atom is 0.343 e. The number of carbonyl (C=O) groups is 1. The molecule has 1 aromatic heterocycles. The van der Waals surface area contributed by atoms with Crippen LogP contribution in [0.2, 0.25) is 0 Å². The van der Waals surface area contributed by atoms with Gasteiger partial charge in [-0.2, -0.15) is 0 Å². The second-order valence-electron chi connectivity index (χ2n) is 6.33. The van der Waals surface area contributed by atoms with E-state index in [-0.39, 0.29) is 23.5 Å². The van der Waals surface area contributed by atoms with Gasteiger partial charge in [0.15, 0.2) is 0 Å². The van der Waals surface area contributed by atoms with Gasteiger partial charge in [0.1, 0.15) is 17.1 Å². The van der Waals surface area contributed by atoms with Gasteiger partial charge in [-0.3, -0.25) is 14.9 Å². The number of hydrogen-bond acceptors (Lipinski definition) is 6. The zero-order valence-electron chi connectivity index (χ0n) is 15.5. The first-order valence-corrected chi connectivity index (χ1v) is 8.82. The van der Waals surface area contributed by atoms with Gasteiger partial charge in [-0.15, -0.1) is 0 Å². The summed E-state index contributed by atoms with van der Waals surface area (Å²) in [5, 5.41) is 11.6. The highest BCUT2D eigenvalue weighted by atomic mass is 16.6. The maximum absolute atomic E-state index is 12.8. The maximum atomic E-state index is 12.8. The summed E-state index contributed by atoms with van der Waals surface area (Å²) in [6.07, 6.45) is 0.373. The second-order valence-corrected chi connectivity index (χ2v) is 6.33. The third-order valence-corrected chi connectivity index (χ3v) is 4.68. The number of para-hydroxylation sites is 1. The van der Waals surface area contributed by atoms with E-state index >= 15 is 0 Å². The van der Waals surface area contributed by atoms with Crippen LogP contribution < -0.4 is 10.4 Å². The molecule has 28 heavy (non-hydrogen) atoms. The highest BCUT2D eigenvalue weighted by molar-refractivity contribution is 5.86. The Hall–Kier alpha value is -3.48. The number of Topliss-reactive ketones (excluding diaryl/α,β-unsaturated/α-hetero) is 1. The van der Waals surface area contributed by atoms with E-state index in [2.05, 4.69) is 0 Å². The van der Waals surface area contributed by atoms with Crippen molar-refractivity contribution in [2.45, 2.75) is 25.7 Å². The Balaban J connectivity index is 2.23. The summed E-state index contributed by atoms with van der Waals surface area (Å²) < 4.78 is 11.0. The number of methoxy groups -OCH3 is 1. The molecule has 7 nitrogen and oxygen atoms in total. The van der Waals surface area contributed by atoms with E-state index in [1.807, 2.05) is 0 Å². The molecule has 3 rings (SSSR count). The predicted molar refractivity (Wildman–Crippen MR) is 104 cm³/mol. The molecule has 2 aromatic carbocycles. The number of ketones is 1. The van der Waals surface area contributed by atoms with Crippen molar-refractivity contribution in [3.05, 3.63) is 80.2 Å². The molecule has 0 amide bonds. The van der Waals surface area contributed by atoms with Crippen molar-refractivity contribution in [1.29, 1.82) is 0 Å². The minimum absolute atomic E-state index is 0.0436. The number of ether oxygens (including phenoxy) is 1. The molecule has 3 aromatic rings. The Morgan fingerprint density at radius 1 is 1.18 bits per heavy atom. The van der Waals surface area contributed by atoms with Crippen LogP contribution in [0.3, 0.4) is 0 Å². The van der Waals surface area contributed by atoms with Crippen LogP contribution in [0.1, 0.15) is 36.8 Å². The molecule has 0 radical (unpaired) electrons. The van der Waals surface area contributed by atoms with Crippen LogP contribution in [0.4, 0.5) is 5.69 Å². The molecular weight excluding hydrogens is 362 g/mol. The van der Waals surface area contributed by atoms with E-state index in [0.717, 1.165) is 0 Å². The summed E-state index contributed by atoms with van der Waals surface area (Å²) >= 11 is 0. The van der Waals surface area contributed by atoms with Crippen LogP contribution in [0.25, 0.3) is 11.0 Å². The Morgan fingerprint density at radius 3 is 2.46 bits per heavy atom. The number of nitro benzene ring substituents is 1. The summed E-state index contributed by atoms with van der Waals surface area (Å²) in [6, 6.07) is 12.8. The third-order valence-electron chi connectivity index (χ3n) is 4.68. The van der Waals surface area contributed by atoms with Gasteiger partial charge in [-0.1, -0.05) is 31.2 Å². The molecule has 0 bridgehead atoms. The quantitative estimate of drug-likeness (QED) is 0.345. The summed E-state index contributed by atoms with van der Waals surface area (Å²) in [6.45, 7) is 1.75. The fourth-order valence-electron chi connectivity index (χ4n) is 3.24. The molecule has 0 fully saturated rings. The van der Waals surface area contributed by atoms with E-state index in [9.17, 15) is 19.7 Å². The molecule has 1 heterocycles. The van der Waals surface area contributed by atoms with Gasteiger partial charge in [0.25, 0.3) is 5.69 Å². The van der Waals surface area contributed by atoms with Gasteiger partial charge in [0, 0.05) is 30.9 Å². The summed E-state index contributed by atoms with van der Waals surface area (Å²) in [5.41, 5.74) is 0.562. The number of nitro groups is 1. The van der Waals surface area contributed by atoms with E-state index in [1.165, 1.54) is 19.2 Å². The highest BCUT2D eigenvalue weighted by Gasteiger charge is 2.27. The lowest BCUT2D eigenvalue weighted by Gasteiger charge is -2.19. The van der Waals surface area contributed by atoms with E-state index in [4.69, 9.17) is 9.15 Å². The van der Waals surface area contributed by atoms with Crippen LogP contribution in [-0.4, -0.2) is 17.8 Å². The number of benzene rings is 2. The highest BCUT2D eigenvalue weighted by Crippen LogP contribution is 2.37. The van der Waals surface area contributed by atoms with Crippen LogP contribution in [0, 0.1) is 10.1 Å². The van der Waals surface area contributed by atoms with Crippen molar-refractivity contribution < 1.29 is 18.9 Å². The largest absolute Gasteiger partial charge is 0.495 e. The summed E-state index contributed by atoms with van der Waals surface area (Å²) in [5.74, 6) is -0.332. The third kappa shape index (κ3) is 3.64. The molecule has 0 aliphatic heterocycles. The lowest BCUT2D eigenvalue weighted by atomic mass is 9.86. The molecule has 1 atom stereocenters. The predicted octanol–water partition coefficient (Wildman–Crippen LogP) is 4.21. The Labute approximate surface area is 160 Å². The molecule has 0 spiro atoms. The standard InChI is InChI=1S/C21H19NO6/c1-3-15(23)12-17(13-8-10-14(11-9-13)22(25)26)19-20(27-2)16-6-4-5-7-18(16)28-21(19)24/h4-11,17H,3,12H2,1-2H3. The smallest absolute Gasteiger partial charge is 0.343 e. The number of carbonyl (C=O) groups excluding carboxylic acids is 1. The second kappa shape index (κ2) is 8.04. The first-order valence-electron chi connectivity index (χ1n) is 8.82. The normalized spacial score (nSPS) is 11.9. The van der Waals surface area contributed by atoms with Crippen molar-refractivity contribution in [1.82, 2.24) is 0 Å². The van der Waals surface area contributed by atoms with Gasteiger partial charge in [0.05, 0.1) is 23.0 Å². The minimum atomic E-state index is -0.635. The Bertz CT molecular complexity index is 1080. The lowest BCUT2D eigenvalue weighted by molar-refractivity contribution is -0.384. The van der Waals surface area contributed by atoms with Crippen LogP contribution in [0.15, 0.2) is 57.7 Å². The average Bonchev–Trinajstić information content (AvgIpc) is 2.71. The van der Waals surface area contributed by atoms with E-state index in [0.29, 0.717) is 28.7 Å². The van der Waals surface area contributed by atoms with Crippen LogP contribution >= 0.6 is 0 Å². The van der Waals surface area contributed by atoms with Gasteiger partial charge in [-0.25, -0.2) is 4.79 Å². The number of hydrogen-bond donors (Lipinski definition) is 0. The molecule has 1 unspecified atom stereocenters. The van der Waals surface area contributed by atoms with Crippen molar-refractivity contribution in [3.63, 3.8) is 0 Å². The van der Waals surface area contributed by atoms with E-state index in [1.54, 1.807) is 43.3 Å². The van der Waals surface area contributed by atoms with Crippen LogP contribution in [-0.2, 0) is 4.79 Å². The minimum Gasteiger partial charge on any atom is -0.495 e. The topological polar surface area (TPSA) is 99.7 Å². The molecule has 0 saturated carbocycles. The fourth-order valence-corrected chi connectivity index (χ4v) is 3.24. The zero-order valence-corrected chi connectivity index (χ0v) is 15.5. The molecule has 0 aliphatic rings. The Kier molecular flexibility index (Phi) is 5.54. The lowest BCUT2D eigenvalue weighted by Crippen LogP contribution is -2.18. The summed E-state index contributed by atoms with van der Waals surface area (Å²) in [4.78, 5) is 35.5. The SMILES string of the molecule is CCC(=O)CC(c1ccc([N+](=O)[O-])cc1)c1c(OC)c2ccccc2oc1=O. The number of non-ortho nitro benzene ring substituents is 1. The van der Waals surface area contributed by atoms with Crippen molar-refractivity contribution in [2.24, 2.45) is 0 Å². The van der Waals surface area contributed by atoms with Gasteiger partial charge >= 0.3 is 5.63 Å². The van der Waals surface area contributed by atoms with Crippen molar-refractivity contribution >= 4 is 22.4 Å². The van der Waals surface area contributed by atoms with Gasteiger partial charge < -0.3 is 9.15 Å². The van der Waals surface area contributed by atoms with Crippen molar-refractivity contribution in [3.8, 4) is 5.75 Å². The molecular formula is C21H19NO6. The molecule has 7 heteroatoms. The van der Waals surface area contributed by atoms with Gasteiger partial charge in [0.2, 0.25) is 0 Å². The molecule has 144 valence electrons. The van der Waals surface area contributed by atoms with E-state index < -0.39 is 16.5 Å². The van der Waals surface area contributed by atoms with Crippen LogP contribution in [0.5, 0.6) is 5.75 Å².